The predicted octanol–water partition coefficient (Wildman–Crippen LogP) is 2.97. The number of benzene rings is 1. The van der Waals surface area contributed by atoms with Crippen LogP contribution >= 0.6 is 11.8 Å². The van der Waals surface area contributed by atoms with Gasteiger partial charge >= 0.3 is 0 Å². The highest BCUT2D eigenvalue weighted by molar-refractivity contribution is 7.98. The van der Waals surface area contributed by atoms with Crippen molar-refractivity contribution in [2.45, 2.75) is 38.3 Å². The fourth-order valence-electron chi connectivity index (χ4n) is 2.04. The molecule has 0 saturated carbocycles. The van der Waals surface area contributed by atoms with Crippen molar-refractivity contribution in [2.24, 2.45) is 0 Å². The van der Waals surface area contributed by atoms with Crippen LogP contribution in [0.2, 0.25) is 0 Å². The number of nitrogens with one attached hydrogen (secondary N) is 1. The second-order valence-corrected chi connectivity index (χ2v) is 6.04. The molecule has 0 aliphatic heterocycles. The third kappa shape index (κ3) is 4.48. The molecule has 6 nitrogen and oxygen atoms in total. The van der Waals surface area contributed by atoms with Gasteiger partial charge in [0, 0.05) is 0 Å². The van der Waals surface area contributed by atoms with Crippen LogP contribution in [-0.4, -0.2) is 33.6 Å². The number of aryl methyl sites for hydroxylation is 1. The van der Waals surface area contributed by atoms with Crippen LogP contribution in [0.3, 0.4) is 0 Å². The smallest absolute Gasteiger partial charge is 0.276 e. The Morgan fingerprint density at radius 3 is 2.65 bits per heavy atom. The summed E-state index contributed by atoms with van der Waals surface area (Å²) in [5.41, 5.74) is 4.00. The van der Waals surface area contributed by atoms with E-state index >= 15 is 0 Å². The molecule has 2 aromatic rings. The first-order valence-electron chi connectivity index (χ1n) is 7.53. The van der Waals surface area contributed by atoms with Crippen molar-refractivity contribution in [3.63, 3.8) is 0 Å². The fraction of sp³-hybridized carbons (Fsp3) is 0.438. The van der Waals surface area contributed by atoms with Crippen LogP contribution in [0, 0.1) is 6.92 Å². The van der Waals surface area contributed by atoms with Gasteiger partial charge in [0.05, 0.1) is 0 Å². The maximum Gasteiger partial charge on any atom is 0.276 e. The number of rotatable bonds is 7. The Kier molecular flexibility index (Phi) is 6.04. The van der Waals surface area contributed by atoms with Crippen LogP contribution in [-0.2, 0) is 4.79 Å². The minimum Gasteiger partial charge on any atom is -0.484 e. The van der Waals surface area contributed by atoms with Gasteiger partial charge in [0.15, 0.2) is 6.61 Å². The van der Waals surface area contributed by atoms with Crippen molar-refractivity contribution >= 4 is 17.7 Å². The third-order valence-corrected chi connectivity index (χ3v) is 4.28. The lowest BCUT2D eigenvalue weighted by molar-refractivity contribution is -0.119. The SMILES string of the molecule is CC[C@@H](C)c1ccc(OCC(=O)Nn2c(C)nnc2SC)cc1. The summed E-state index contributed by atoms with van der Waals surface area (Å²) in [7, 11) is 0. The van der Waals surface area contributed by atoms with Crippen molar-refractivity contribution in [1.82, 2.24) is 14.9 Å². The number of amides is 1. The van der Waals surface area contributed by atoms with Gasteiger partial charge in [-0.05, 0) is 43.2 Å². The second-order valence-electron chi connectivity index (χ2n) is 5.27. The lowest BCUT2D eigenvalue weighted by atomic mass is 9.99. The summed E-state index contributed by atoms with van der Waals surface area (Å²) in [5.74, 6) is 1.57. The Morgan fingerprint density at radius 1 is 1.35 bits per heavy atom. The number of hydrogen-bond acceptors (Lipinski definition) is 5. The van der Waals surface area contributed by atoms with Crippen molar-refractivity contribution in [3.05, 3.63) is 35.7 Å². The molecule has 0 aliphatic carbocycles. The van der Waals surface area contributed by atoms with Gasteiger partial charge in [0.25, 0.3) is 5.91 Å². The van der Waals surface area contributed by atoms with Crippen molar-refractivity contribution < 1.29 is 9.53 Å². The Morgan fingerprint density at radius 2 is 2.04 bits per heavy atom. The van der Waals surface area contributed by atoms with E-state index in [1.54, 1.807) is 11.6 Å². The van der Waals surface area contributed by atoms with Gasteiger partial charge in [-0.15, -0.1) is 10.2 Å². The Labute approximate surface area is 140 Å². The van der Waals surface area contributed by atoms with Gasteiger partial charge in [-0.25, -0.2) is 4.68 Å². The number of hydrogen-bond donors (Lipinski definition) is 1. The zero-order valence-electron chi connectivity index (χ0n) is 13.9. The van der Waals surface area contributed by atoms with Crippen LogP contribution in [0.25, 0.3) is 0 Å². The molecule has 23 heavy (non-hydrogen) atoms. The van der Waals surface area contributed by atoms with E-state index in [-0.39, 0.29) is 12.5 Å². The average molecular weight is 334 g/mol. The van der Waals surface area contributed by atoms with Crippen molar-refractivity contribution in [1.29, 1.82) is 0 Å². The van der Waals surface area contributed by atoms with Crippen molar-refractivity contribution in [3.8, 4) is 5.75 Å². The standard InChI is InChI=1S/C16H22N4O2S/c1-5-11(2)13-6-8-14(9-7-13)22-10-15(21)19-20-12(3)17-18-16(20)23-4/h6-9,11H,5,10H2,1-4H3,(H,19,21)/t11-/m1/s1. The van der Waals surface area contributed by atoms with E-state index in [0.29, 0.717) is 22.6 Å². The first-order valence-corrected chi connectivity index (χ1v) is 8.76. The molecule has 1 amide bonds. The van der Waals surface area contributed by atoms with Crippen LogP contribution in [0.5, 0.6) is 5.75 Å². The van der Waals surface area contributed by atoms with Gasteiger partial charge in [-0.1, -0.05) is 37.7 Å². The van der Waals surface area contributed by atoms with Crippen LogP contribution < -0.4 is 10.2 Å². The summed E-state index contributed by atoms with van der Waals surface area (Å²) in [6.07, 6.45) is 2.97. The van der Waals surface area contributed by atoms with E-state index in [2.05, 4.69) is 29.5 Å². The molecule has 0 bridgehead atoms. The molecule has 1 heterocycles. The number of nitrogens with zero attached hydrogens (tertiary/aromatic N) is 3. The molecule has 124 valence electrons. The summed E-state index contributed by atoms with van der Waals surface area (Å²) in [6.45, 7) is 6.07. The zero-order valence-corrected chi connectivity index (χ0v) is 14.7. The largest absolute Gasteiger partial charge is 0.484 e. The molecule has 0 unspecified atom stereocenters. The Hall–Kier alpha value is -2.02. The Balaban J connectivity index is 1.90. The highest BCUT2D eigenvalue weighted by Gasteiger charge is 2.11. The number of thioether (sulfide) groups is 1. The lowest BCUT2D eigenvalue weighted by Gasteiger charge is -2.12. The molecule has 2 rings (SSSR count). The van der Waals surface area contributed by atoms with Gasteiger partial charge < -0.3 is 4.74 Å². The summed E-state index contributed by atoms with van der Waals surface area (Å²) in [5, 5.41) is 8.52. The number of aromatic nitrogens is 3. The molecule has 0 fully saturated rings. The van der Waals surface area contributed by atoms with E-state index in [4.69, 9.17) is 4.74 Å². The molecular formula is C16H22N4O2S. The van der Waals surface area contributed by atoms with E-state index < -0.39 is 0 Å². The maximum atomic E-state index is 12.0. The molecular weight excluding hydrogens is 312 g/mol. The minimum atomic E-state index is -0.255. The molecule has 0 saturated heterocycles. The molecule has 1 aromatic carbocycles. The van der Waals surface area contributed by atoms with Crippen LogP contribution in [0.15, 0.2) is 29.4 Å². The average Bonchev–Trinajstić information content (AvgIpc) is 2.92. The topological polar surface area (TPSA) is 69.0 Å². The summed E-state index contributed by atoms with van der Waals surface area (Å²) in [4.78, 5) is 12.0. The summed E-state index contributed by atoms with van der Waals surface area (Å²) < 4.78 is 7.08. The zero-order chi connectivity index (χ0) is 16.8. The quantitative estimate of drug-likeness (QED) is 0.788. The van der Waals surface area contributed by atoms with Gasteiger partial charge in [0.1, 0.15) is 11.6 Å². The van der Waals surface area contributed by atoms with Crippen LogP contribution in [0.1, 0.15) is 37.6 Å². The van der Waals surface area contributed by atoms with Crippen LogP contribution in [0.4, 0.5) is 0 Å². The predicted molar refractivity (Wildman–Crippen MR) is 91.6 cm³/mol. The van der Waals surface area contributed by atoms with Crippen molar-refractivity contribution in [2.75, 3.05) is 18.3 Å². The first kappa shape index (κ1) is 17.3. The third-order valence-electron chi connectivity index (χ3n) is 3.65. The summed E-state index contributed by atoms with van der Waals surface area (Å²) >= 11 is 1.41. The molecule has 1 atom stereocenters. The molecule has 7 heteroatoms. The van der Waals surface area contributed by atoms with Gasteiger partial charge in [0.2, 0.25) is 5.16 Å². The van der Waals surface area contributed by atoms with Gasteiger partial charge in [-0.2, -0.15) is 0 Å². The fourth-order valence-corrected chi connectivity index (χ4v) is 2.52. The van der Waals surface area contributed by atoms with Gasteiger partial charge in [-0.3, -0.25) is 10.2 Å². The number of carbonyl (C=O) groups excluding carboxylic acids is 1. The Bertz CT molecular complexity index is 655. The first-order chi connectivity index (χ1) is 11.0. The molecule has 1 aromatic heterocycles. The summed E-state index contributed by atoms with van der Waals surface area (Å²) in [6, 6.07) is 7.87. The lowest BCUT2D eigenvalue weighted by Crippen LogP contribution is -2.29. The number of ether oxygens (including phenoxy) is 1. The van der Waals surface area contributed by atoms with E-state index in [1.807, 2.05) is 30.5 Å². The monoisotopic (exact) mass is 334 g/mol. The molecule has 0 aliphatic rings. The molecule has 0 spiro atoms. The molecule has 0 radical (unpaired) electrons. The maximum absolute atomic E-state index is 12.0. The van der Waals surface area contributed by atoms with E-state index in [9.17, 15) is 4.79 Å². The second kappa shape index (κ2) is 8.01. The van der Waals surface area contributed by atoms with E-state index in [1.165, 1.54) is 17.3 Å². The minimum absolute atomic E-state index is 0.0614. The van der Waals surface area contributed by atoms with E-state index in [0.717, 1.165) is 6.42 Å². The highest BCUT2D eigenvalue weighted by atomic mass is 32.2. The number of carbonyl (C=O) groups is 1. The highest BCUT2D eigenvalue weighted by Crippen LogP contribution is 2.21. The normalized spacial score (nSPS) is 12.0. The molecule has 1 N–H and O–H groups in total.